The number of alkyl halides is 3. The van der Waals surface area contributed by atoms with Crippen molar-refractivity contribution in [3.8, 4) is 11.8 Å². The highest BCUT2D eigenvalue weighted by Crippen LogP contribution is 2.35. The molecule has 2 unspecified atom stereocenters. The summed E-state index contributed by atoms with van der Waals surface area (Å²) in [5, 5.41) is 26.6. The van der Waals surface area contributed by atoms with E-state index in [9.17, 15) is 23.2 Å². The first-order valence-corrected chi connectivity index (χ1v) is 13.3. The number of nitrogen functional groups attached to an aromatic ring is 1. The van der Waals surface area contributed by atoms with E-state index in [4.69, 9.17) is 11.1 Å². The number of nitrogens with two attached hydrogens (primary N) is 1. The Hall–Kier alpha value is -4.76. The van der Waals surface area contributed by atoms with Crippen molar-refractivity contribution in [1.82, 2.24) is 20.4 Å². The van der Waals surface area contributed by atoms with Gasteiger partial charge in [0.15, 0.2) is 5.69 Å². The predicted molar refractivity (Wildman–Crippen MR) is 147 cm³/mol. The van der Waals surface area contributed by atoms with E-state index < -0.39 is 29.3 Å². The Labute approximate surface area is 239 Å². The summed E-state index contributed by atoms with van der Waals surface area (Å²) in [6.07, 6.45) is 0.553. The van der Waals surface area contributed by atoms with Crippen LogP contribution in [0, 0.1) is 28.6 Å². The molecule has 1 saturated carbocycles. The molecule has 5 rings (SSSR count). The molecule has 1 fully saturated rings. The van der Waals surface area contributed by atoms with E-state index in [2.05, 4.69) is 21.8 Å². The van der Waals surface area contributed by atoms with E-state index in [1.807, 2.05) is 6.07 Å². The highest BCUT2D eigenvalue weighted by Gasteiger charge is 2.37. The average molecular weight is 578 g/mol. The number of nitriles is 1. The number of amides is 1. The monoisotopic (exact) mass is 577 g/mol. The molecule has 0 spiro atoms. The zero-order valence-electron chi connectivity index (χ0n) is 22.3. The van der Waals surface area contributed by atoms with Gasteiger partial charge in [0.2, 0.25) is 0 Å². The van der Waals surface area contributed by atoms with Crippen LogP contribution in [-0.4, -0.2) is 28.1 Å². The second kappa shape index (κ2) is 11.6. The van der Waals surface area contributed by atoms with Crippen LogP contribution < -0.4 is 16.4 Å². The number of hydrogen-bond donors (Lipinski definition) is 4. The molecular weight excluding hydrogens is 550 g/mol. The predicted octanol–water partition coefficient (Wildman–Crippen LogP) is 5.27. The summed E-state index contributed by atoms with van der Waals surface area (Å²) in [6.45, 7) is 0.735. The van der Waals surface area contributed by atoms with Gasteiger partial charge in [-0.2, -0.15) is 23.5 Å². The number of rotatable bonds is 9. The number of halogens is 4. The fraction of sp³-hybridized carbons (Fsp3) is 0.267. The largest absolute Gasteiger partial charge is 0.435 e. The smallest absolute Gasteiger partial charge is 0.384 e. The first-order valence-electron chi connectivity index (χ1n) is 13.3. The Morgan fingerprint density at radius 3 is 2.64 bits per heavy atom. The standard InChI is InChI=1S/C30H27F4N7O/c31-23-10-9-20(27(38-16-17-7-8-17)19-4-1-3-18(11-19)15-35)13-24(23)39-29(42)25-14-26(30(32,33)34)40-41(25)22-6-2-5-21(12-22)28(36)37/h1-6,10-14,17,20,27,38H,7-9,16H2,(H3,36,37)(H,39,42). The van der Waals surface area contributed by atoms with E-state index in [1.54, 1.807) is 24.3 Å². The highest BCUT2D eigenvalue weighted by molar-refractivity contribution is 5.96. The van der Waals surface area contributed by atoms with Gasteiger partial charge >= 0.3 is 6.18 Å². The normalized spacial score (nSPS) is 17.5. The molecule has 1 heterocycles. The number of nitrogens with zero attached hydrogens (tertiary/aromatic N) is 3. The SMILES string of the molecule is N#Cc1cccc(C(NCC2CC2)C2C=C(NC(=O)c3cc(C(F)(F)F)nn3-c3cccc(C(=N)N)c3)C(F)=CC2)c1. The molecule has 2 aromatic carbocycles. The molecule has 1 aromatic heterocycles. The number of aromatic nitrogens is 2. The van der Waals surface area contributed by atoms with Crippen LogP contribution in [0.25, 0.3) is 5.69 Å². The Bertz CT molecular complexity index is 1630. The van der Waals surface area contributed by atoms with Gasteiger partial charge in [-0.3, -0.25) is 10.2 Å². The van der Waals surface area contributed by atoms with Gasteiger partial charge in [-0.05, 0) is 67.6 Å². The van der Waals surface area contributed by atoms with Crippen LogP contribution in [0.1, 0.15) is 58.2 Å². The van der Waals surface area contributed by atoms with Gasteiger partial charge in [-0.15, -0.1) is 0 Å². The second-order valence-corrected chi connectivity index (χ2v) is 10.3. The zero-order valence-corrected chi connectivity index (χ0v) is 22.3. The number of amidine groups is 1. The lowest BCUT2D eigenvalue weighted by molar-refractivity contribution is -0.141. The van der Waals surface area contributed by atoms with Crippen LogP contribution in [0.15, 0.2) is 78.3 Å². The first-order chi connectivity index (χ1) is 20.0. The molecule has 8 nitrogen and oxygen atoms in total. The lowest BCUT2D eigenvalue weighted by Crippen LogP contribution is -2.32. The van der Waals surface area contributed by atoms with E-state index in [-0.39, 0.29) is 34.7 Å². The van der Waals surface area contributed by atoms with Gasteiger partial charge in [-0.25, -0.2) is 9.07 Å². The first kappa shape index (κ1) is 28.8. The van der Waals surface area contributed by atoms with Gasteiger partial charge in [0.25, 0.3) is 5.91 Å². The summed E-state index contributed by atoms with van der Waals surface area (Å²) in [4.78, 5) is 13.4. The van der Waals surface area contributed by atoms with Gasteiger partial charge in [-0.1, -0.05) is 30.3 Å². The summed E-state index contributed by atoms with van der Waals surface area (Å²) in [5.41, 5.74) is 5.15. The summed E-state index contributed by atoms with van der Waals surface area (Å²) >= 11 is 0. The molecular formula is C30H27F4N7O. The Kier molecular flexibility index (Phi) is 7.95. The summed E-state index contributed by atoms with van der Waals surface area (Å²) < 4.78 is 56.7. The Morgan fingerprint density at radius 2 is 1.95 bits per heavy atom. The number of carbonyl (C=O) groups is 1. The molecule has 42 heavy (non-hydrogen) atoms. The summed E-state index contributed by atoms with van der Waals surface area (Å²) in [6, 6.07) is 15.2. The molecule has 12 heteroatoms. The molecule has 2 aliphatic rings. The zero-order chi connectivity index (χ0) is 30.0. The fourth-order valence-electron chi connectivity index (χ4n) is 4.85. The molecule has 1 amide bonds. The van der Waals surface area contributed by atoms with Crippen LogP contribution in [0.2, 0.25) is 0 Å². The van der Waals surface area contributed by atoms with Gasteiger partial charge in [0.05, 0.1) is 23.0 Å². The molecule has 3 aromatic rings. The average Bonchev–Trinajstić information content (AvgIpc) is 3.68. The third kappa shape index (κ3) is 6.42. The van der Waals surface area contributed by atoms with Crippen LogP contribution in [0.4, 0.5) is 17.6 Å². The molecule has 2 aliphatic carbocycles. The molecule has 0 bridgehead atoms. The number of carbonyl (C=O) groups excluding carboxylic acids is 1. The lowest BCUT2D eigenvalue weighted by Gasteiger charge is -2.29. The molecule has 0 radical (unpaired) electrons. The quantitative estimate of drug-likeness (QED) is 0.156. The molecule has 0 aliphatic heterocycles. The third-order valence-electron chi connectivity index (χ3n) is 7.22. The maximum absolute atomic E-state index is 15.0. The van der Waals surface area contributed by atoms with E-state index in [1.165, 1.54) is 30.3 Å². The minimum Gasteiger partial charge on any atom is -0.384 e. The summed E-state index contributed by atoms with van der Waals surface area (Å²) in [7, 11) is 0. The van der Waals surface area contributed by atoms with Crippen molar-refractivity contribution < 1.29 is 22.4 Å². The maximum Gasteiger partial charge on any atom is 0.435 e. The van der Waals surface area contributed by atoms with Crippen LogP contribution in [0.5, 0.6) is 0 Å². The highest BCUT2D eigenvalue weighted by atomic mass is 19.4. The van der Waals surface area contributed by atoms with Crippen molar-refractivity contribution in [1.29, 1.82) is 10.7 Å². The van der Waals surface area contributed by atoms with Crippen LogP contribution >= 0.6 is 0 Å². The minimum atomic E-state index is -4.85. The van der Waals surface area contributed by atoms with Gasteiger partial charge < -0.3 is 16.4 Å². The van der Waals surface area contributed by atoms with Crippen molar-refractivity contribution in [3.05, 3.63) is 106 Å². The van der Waals surface area contributed by atoms with Crippen LogP contribution in [0.3, 0.4) is 0 Å². The topological polar surface area (TPSA) is 133 Å². The van der Waals surface area contributed by atoms with Crippen molar-refractivity contribution >= 4 is 11.7 Å². The number of nitrogens with one attached hydrogen (secondary N) is 3. The van der Waals surface area contributed by atoms with E-state index in [0.717, 1.165) is 29.6 Å². The number of hydrogen-bond acceptors (Lipinski definition) is 5. The second-order valence-electron chi connectivity index (χ2n) is 10.3. The Morgan fingerprint density at radius 1 is 1.19 bits per heavy atom. The fourth-order valence-corrected chi connectivity index (χ4v) is 4.85. The van der Waals surface area contributed by atoms with E-state index >= 15 is 4.39 Å². The molecule has 2 atom stereocenters. The Balaban J connectivity index is 1.47. The molecule has 216 valence electrons. The van der Waals surface area contributed by atoms with Crippen LogP contribution in [-0.2, 0) is 6.18 Å². The summed E-state index contributed by atoms with van der Waals surface area (Å²) in [5.74, 6) is -1.82. The van der Waals surface area contributed by atoms with E-state index in [0.29, 0.717) is 24.0 Å². The van der Waals surface area contributed by atoms with Crippen molar-refractivity contribution in [3.63, 3.8) is 0 Å². The van der Waals surface area contributed by atoms with Gasteiger partial charge in [0.1, 0.15) is 17.4 Å². The molecule has 5 N–H and O–H groups in total. The van der Waals surface area contributed by atoms with Crippen molar-refractivity contribution in [2.24, 2.45) is 17.6 Å². The maximum atomic E-state index is 15.0. The van der Waals surface area contributed by atoms with Gasteiger partial charge in [0, 0.05) is 23.6 Å². The van der Waals surface area contributed by atoms with Crippen molar-refractivity contribution in [2.75, 3.05) is 6.54 Å². The lowest BCUT2D eigenvalue weighted by atomic mass is 9.86. The third-order valence-corrected chi connectivity index (χ3v) is 7.22. The number of allylic oxidation sites excluding steroid dienone is 2. The molecule has 0 saturated heterocycles. The minimum absolute atomic E-state index is 0.0663. The van der Waals surface area contributed by atoms with Crippen molar-refractivity contribution in [2.45, 2.75) is 31.5 Å². The number of benzene rings is 2.